The minimum atomic E-state index is -0.360. The molecular formula is C23H17N7O2. The number of amides is 1. The van der Waals surface area contributed by atoms with Crippen LogP contribution in [-0.2, 0) is 6.42 Å². The summed E-state index contributed by atoms with van der Waals surface area (Å²) in [6.45, 7) is 0. The maximum Gasteiger partial charge on any atom is 0.277 e. The second-order valence-corrected chi connectivity index (χ2v) is 6.90. The van der Waals surface area contributed by atoms with E-state index in [-0.39, 0.29) is 11.6 Å². The summed E-state index contributed by atoms with van der Waals surface area (Å²) in [5.74, 6) is 0.536. The maximum atomic E-state index is 12.8. The van der Waals surface area contributed by atoms with E-state index in [1.54, 1.807) is 12.4 Å². The number of benzene rings is 2. The standard InChI is InChI=1S/C23H17N7O2/c31-23(20-15-25-30(28-20)18-9-2-1-3-10-18)26-19-11-5-4-7-16(19)13-21-27-22(29-32-21)17-8-6-12-24-14-17/h1-12,14-15H,13H2,(H,26,31). The molecule has 1 amide bonds. The number of carbonyl (C=O) groups excluding carboxylic acids is 1. The lowest BCUT2D eigenvalue weighted by Crippen LogP contribution is -2.14. The predicted octanol–water partition coefficient (Wildman–Crippen LogP) is 3.56. The zero-order valence-electron chi connectivity index (χ0n) is 16.8. The number of nitrogens with one attached hydrogen (secondary N) is 1. The Morgan fingerprint density at radius 3 is 2.66 bits per heavy atom. The Hall–Kier alpha value is -4.66. The molecule has 9 heteroatoms. The van der Waals surface area contributed by atoms with E-state index < -0.39 is 0 Å². The van der Waals surface area contributed by atoms with E-state index in [4.69, 9.17) is 4.52 Å². The van der Waals surface area contributed by atoms with Crippen molar-refractivity contribution in [1.29, 1.82) is 0 Å². The molecule has 0 spiro atoms. The lowest BCUT2D eigenvalue weighted by molar-refractivity contribution is 0.102. The van der Waals surface area contributed by atoms with Crippen molar-refractivity contribution in [2.45, 2.75) is 6.42 Å². The zero-order chi connectivity index (χ0) is 21.8. The number of hydrogen-bond donors (Lipinski definition) is 1. The zero-order valence-corrected chi connectivity index (χ0v) is 16.8. The highest BCUT2D eigenvalue weighted by Gasteiger charge is 2.16. The Bertz CT molecular complexity index is 1350. The van der Waals surface area contributed by atoms with Crippen molar-refractivity contribution < 1.29 is 9.32 Å². The molecular weight excluding hydrogens is 406 g/mol. The van der Waals surface area contributed by atoms with E-state index in [1.165, 1.54) is 11.0 Å². The average Bonchev–Trinajstić information content (AvgIpc) is 3.52. The molecule has 0 aliphatic carbocycles. The molecule has 0 unspecified atom stereocenters. The van der Waals surface area contributed by atoms with Gasteiger partial charge in [-0.3, -0.25) is 9.78 Å². The van der Waals surface area contributed by atoms with Crippen molar-refractivity contribution >= 4 is 11.6 Å². The fourth-order valence-corrected chi connectivity index (χ4v) is 3.14. The third kappa shape index (κ3) is 4.12. The van der Waals surface area contributed by atoms with Crippen LogP contribution < -0.4 is 5.32 Å². The van der Waals surface area contributed by atoms with Crippen LogP contribution in [0.3, 0.4) is 0 Å². The van der Waals surface area contributed by atoms with Gasteiger partial charge in [-0.1, -0.05) is 41.6 Å². The highest BCUT2D eigenvalue weighted by atomic mass is 16.5. The fraction of sp³-hybridized carbons (Fsp3) is 0.0435. The van der Waals surface area contributed by atoms with Gasteiger partial charge in [0.1, 0.15) is 0 Å². The van der Waals surface area contributed by atoms with E-state index in [0.717, 1.165) is 16.8 Å². The Kier molecular flexibility index (Phi) is 5.19. The molecule has 0 saturated heterocycles. The fourth-order valence-electron chi connectivity index (χ4n) is 3.14. The van der Waals surface area contributed by atoms with Crippen LogP contribution in [0.5, 0.6) is 0 Å². The van der Waals surface area contributed by atoms with Gasteiger partial charge in [0.25, 0.3) is 5.91 Å². The summed E-state index contributed by atoms with van der Waals surface area (Å²) < 4.78 is 5.39. The van der Waals surface area contributed by atoms with Crippen molar-refractivity contribution in [3.05, 3.63) is 102 Å². The predicted molar refractivity (Wildman–Crippen MR) is 116 cm³/mol. The van der Waals surface area contributed by atoms with Crippen LogP contribution in [0.25, 0.3) is 17.1 Å². The second kappa shape index (κ2) is 8.60. The van der Waals surface area contributed by atoms with Gasteiger partial charge >= 0.3 is 0 Å². The first-order chi connectivity index (χ1) is 15.8. The largest absolute Gasteiger partial charge is 0.339 e. The number of anilines is 1. The smallest absolute Gasteiger partial charge is 0.277 e. The molecule has 0 radical (unpaired) electrons. The SMILES string of the molecule is O=C(Nc1ccccc1Cc1nc(-c2cccnc2)no1)c1cnn(-c2ccccc2)n1. The summed E-state index contributed by atoms with van der Waals surface area (Å²) in [4.78, 5) is 22.7. The van der Waals surface area contributed by atoms with E-state index in [9.17, 15) is 4.79 Å². The highest BCUT2D eigenvalue weighted by molar-refractivity contribution is 6.03. The van der Waals surface area contributed by atoms with Gasteiger partial charge in [0.15, 0.2) is 5.69 Å². The van der Waals surface area contributed by atoms with Crippen LogP contribution in [0.4, 0.5) is 5.69 Å². The minimum Gasteiger partial charge on any atom is -0.339 e. The van der Waals surface area contributed by atoms with Gasteiger partial charge in [0.05, 0.1) is 18.3 Å². The molecule has 0 aliphatic heterocycles. The number of para-hydroxylation sites is 2. The average molecular weight is 423 g/mol. The van der Waals surface area contributed by atoms with E-state index >= 15 is 0 Å². The summed E-state index contributed by atoms with van der Waals surface area (Å²) in [7, 11) is 0. The molecule has 1 N–H and O–H groups in total. The van der Waals surface area contributed by atoms with Crippen LogP contribution in [-0.4, -0.2) is 36.0 Å². The molecule has 9 nitrogen and oxygen atoms in total. The quantitative estimate of drug-likeness (QED) is 0.444. The molecule has 0 atom stereocenters. The van der Waals surface area contributed by atoms with Crippen molar-refractivity contribution in [1.82, 2.24) is 30.1 Å². The van der Waals surface area contributed by atoms with Gasteiger partial charge in [-0.25, -0.2) is 0 Å². The first-order valence-electron chi connectivity index (χ1n) is 9.86. The second-order valence-electron chi connectivity index (χ2n) is 6.90. The molecule has 5 rings (SSSR count). The van der Waals surface area contributed by atoms with Gasteiger partial charge in [0.2, 0.25) is 11.7 Å². The molecule has 156 valence electrons. The van der Waals surface area contributed by atoms with E-state index in [1.807, 2.05) is 66.7 Å². The Labute approximate surface area is 182 Å². The van der Waals surface area contributed by atoms with E-state index in [0.29, 0.717) is 23.8 Å². The third-order valence-corrected chi connectivity index (χ3v) is 4.71. The van der Waals surface area contributed by atoms with Crippen LogP contribution in [0.15, 0.2) is 89.8 Å². The number of hydrogen-bond acceptors (Lipinski definition) is 7. The molecule has 2 aromatic carbocycles. The van der Waals surface area contributed by atoms with Crippen molar-refractivity contribution in [2.24, 2.45) is 0 Å². The Balaban J connectivity index is 1.33. The van der Waals surface area contributed by atoms with Crippen molar-refractivity contribution in [2.75, 3.05) is 5.32 Å². The number of rotatable bonds is 6. The van der Waals surface area contributed by atoms with Gasteiger partial charge < -0.3 is 9.84 Å². The molecule has 3 aromatic heterocycles. The molecule has 0 aliphatic rings. The van der Waals surface area contributed by atoms with Crippen LogP contribution >= 0.6 is 0 Å². The lowest BCUT2D eigenvalue weighted by Gasteiger charge is -2.08. The monoisotopic (exact) mass is 423 g/mol. The number of carbonyl (C=O) groups is 1. The van der Waals surface area contributed by atoms with Crippen LogP contribution in [0.1, 0.15) is 21.9 Å². The highest BCUT2D eigenvalue weighted by Crippen LogP contribution is 2.21. The van der Waals surface area contributed by atoms with Crippen LogP contribution in [0.2, 0.25) is 0 Å². The Morgan fingerprint density at radius 1 is 0.969 bits per heavy atom. The van der Waals surface area contributed by atoms with Crippen molar-refractivity contribution in [3.63, 3.8) is 0 Å². The first kappa shape index (κ1) is 19.3. The summed E-state index contributed by atoms with van der Waals surface area (Å²) in [5, 5.41) is 15.4. The molecule has 0 saturated carbocycles. The van der Waals surface area contributed by atoms with E-state index in [2.05, 4.69) is 30.6 Å². The Morgan fingerprint density at radius 2 is 1.81 bits per heavy atom. The molecule has 5 aromatic rings. The lowest BCUT2D eigenvalue weighted by atomic mass is 10.1. The van der Waals surface area contributed by atoms with Gasteiger partial charge in [-0.2, -0.15) is 14.9 Å². The third-order valence-electron chi connectivity index (χ3n) is 4.71. The van der Waals surface area contributed by atoms with Crippen molar-refractivity contribution in [3.8, 4) is 17.1 Å². The number of nitrogens with zero attached hydrogens (tertiary/aromatic N) is 6. The molecule has 32 heavy (non-hydrogen) atoms. The first-order valence-corrected chi connectivity index (χ1v) is 9.86. The topological polar surface area (TPSA) is 112 Å². The summed E-state index contributed by atoms with van der Waals surface area (Å²) >= 11 is 0. The number of pyridine rings is 1. The summed E-state index contributed by atoms with van der Waals surface area (Å²) in [6.07, 6.45) is 5.15. The summed E-state index contributed by atoms with van der Waals surface area (Å²) in [5.41, 5.74) is 3.21. The maximum absolute atomic E-state index is 12.8. The molecule has 0 bridgehead atoms. The van der Waals surface area contributed by atoms with Gasteiger partial charge in [-0.05, 0) is 35.9 Å². The molecule has 3 heterocycles. The normalized spacial score (nSPS) is 10.8. The van der Waals surface area contributed by atoms with Gasteiger partial charge in [0, 0.05) is 23.6 Å². The van der Waals surface area contributed by atoms with Gasteiger partial charge in [-0.15, -0.1) is 5.10 Å². The number of aromatic nitrogens is 6. The van der Waals surface area contributed by atoms with Crippen LogP contribution in [0, 0.1) is 0 Å². The summed E-state index contributed by atoms with van der Waals surface area (Å²) in [6, 6.07) is 20.5. The minimum absolute atomic E-state index is 0.209. The molecule has 0 fully saturated rings.